The van der Waals surface area contributed by atoms with E-state index in [9.17, 15) is 14.4 Å². The van der Waals surface area contributed by atoms with E-state index in [1.54, 1.807) is 18.2 Å². The van der Waals surface area contributed by atoms with Gasteiger partial charge in [0.15, 0.2) is 0 Å². The number of anilines is 1. The molecule has 8 heteroatoms. The molecule has 2 N–H and O–H groups in total. The van der Waals surface area contributed by atoms with Crippen molar-refractivity contribution >= 4 is 27.6 Å². The van der Waals surface area contributed by atoms with Gasteiger partial charge in [0, 0.05) is 30.3 Å². The number of rotatable bonds is 3. The second-order valence-corrected chi connectivity index (χ2v) is 5.60. The zero-order valence-electron chi connectivity index (χ0n) is 12.0. The molecule has 1 aromatic carbocycles. The standard InChI is InChI=1S/C14H14BrN3O4/c1-17-9(6-12(19)18(2)14(17)21)7-22-13(20)10-5-8(15)3-4-11(10)16/h3-6H,7,16H2,1-2H3. The summed E-state index contributed by atoms with van der Waals surface area (Å²) in [5.41, 5.74) is 5.58. The van der Waals surface area contributed by atoms with Crippen LogP contribution in [-0.2, 0) is 25.4 Å². The van der Waals surface area contributed by atoms with Gasteiger partial charge in [0.05, 0.1) is 11.3 Å². The minimum Gasteiger partial charge on any atom is -0.456 e. The molecule has 0 amide bonds. The molecule has 1 aromatic heterocycles. The van der Waals surface area contributed by atoms with Crippen molar-refractivity contribution in [1.29, 1.82) is 0 Å². The first-order valence-corrected chi connectivity index (χ1v) is 7.08. The summed E-state index contributed by atoms with van der Waals surface area (Å²) in [6.45, 7) is -0.202. The highest BCUT2D eigenvalue weighted by atomic mass is 79.9. The molecular weight excluding hydrogens is 354 g/mol. The molecule has 0 aliphatic carbocycles. The summed E-state index contributed by atoms with van der Waals surface area (Å²) >= 11 is 3.25. The van der Waals surface area contributed by atoms with Crippen LogP contribution in [0.3, 0.4) is 0 Å². The van der Waals surface area contributed by atoms with E-state index in [-0.39, 0.29) is 17.9 Å². The largest absolute Gasteiger partial charge is 0.456 e. The van der Waals surface area contributed by atoms with Gasteiger partial charge in [-0.3, -0.25) is 13.9 Å². The van der Waals surface area contributed by atoms with E-state index >= 15 is 0 Å². The lowest BCUT2D eigenvalue weighted by molar-refractivity contribution is 0.0464. The van der Waals surface area contributed by atoms with Crippen molar-refractivity contribution in [3.8, 4) is 0 Å². The fraction of sp³-hybridized carbons (Fsp3) is 0.214. The van der Waals surface area contributed by atoms with Gasteiger partial charge in [-0.1, -0.05) is 15.9 Å². The number of nitrogens with zero attached hydrogens (tertiary/aromatic N) is 2. The number of nitrogens with two attached hydrogens (primary N) is 1. The van der Waals surface area contributed by atoms with E-state index in [1.165, 1.54) is 24.7 Å². The Morgan fingerprint density at radius 2 is 1.91 bits per heavy atom. The van der Waals surface area contributed by atoms with Crippen LogP contribution in [0.25, 0.3) is 0 Å². The maximum absolute atomic E-state index is 12.0. The lowest BCUT2D eigenvalue weighted by atomic mass is 10.2. The van der Waals surface area contributed by atoms with Crippen LogP contribution in [0.1, 0.15) is 16.1 Å². The van der Waals surface area contributed by atoms with Crippen molar-refractivity contribution < 1.29 is 9.53 Å². The lowest BCUT2D eigenvalue weighted by Crippen LogP contribution is -2.38. The molecule has 0 radical (unpaired) electrons. The maximum Gasteiger partial charge on any atom is 0.340 e. The number of halogens is 1. The van der Waals surface area contributed by atoms with Crippen LogP contribution in [0.5, 0.6) is 0 Å². The molecule has 22 heavy (non-hydrogen) atoms. The molecular formula is C14H14BrN3O4. The van der Waals surface area contributed by atoms with E-state index < -0.39 is 17.2 Å². The number of carbonyl (C=O) groups excluding carboxylic acids is 1. The van der Waals surface area contributed by atoms with E-state index in [0.29, 0.717) is 10.2 Å². The zero-order valence-corrected chi connectivity index (χ0v) is 13.6. The monoisotopic (exact) mass is 367 g/mol. The van der Waals surface area contributed by atoms with E-state index in [2.05, 4.69) is 15.9 Å². The van der Waals surface area contributed by atoms with Crippen molar-refractivity contribution in [2.75, 3.05) is 5.73 Å². The highest BCUT2D eigenvalue weighted by molar-refractivity contribution is 9.10. The second kappa shape index (κ2) is 6.18. The average molecular weight is 368 g/mol. The van der Waals surface area contributed by atoms with Crippen molar-refractivity contribution in [3.63, 3.8) is 0 Å². The van der Waals surface area contributed by atoms with Crippen LogP contribution >= 0.6 is 15.9 Å². The van der Waals surface area contributed by atoms with E-state index in [4.69, 9.17) is 10.5 Å². The van der Waals surface area contributed by atoms with Crippen LogP contribution in [0.4, 0.5) is 5.69 Å². The van der Waals surface area contributed by atoms with Gasteiger partial charge in [-0.2, -0.15) is 0 Å². The number of hydrogen-bond acceptors (Lipinski definition) is 5. The minimum absolute atomic E-state index is 0.202. The highest BCUT2D eigenvalue weighted by Gasteiger charge is 2.14. The predicted octanol–water partition coefficient (Wildman–Crippen LogP) is 0.786. The SMILES string of the molecule is Cn1c(COC(=O)c2cc(Br)ccc2N)cc(=O)n(C)c1=O. The third-order valence-corrected chi connectivity index (χ3v) is 3.70. The van der Waals surface area contributed by atoms with Crippen LogP contribution in [0, 0.1) is 0 Å². The molecule has 0 spiro atoms. The third kappa shape index (κ3) is 3.11. The average Bonchev–Trinajstić information content (AvgIpc) is 2.49. The number of ether oxygens (including phenoxy) is 1. The number of aromatic nitrogens is 2. The normalized spacial score (nSPS) is 10.5. The number of nitrogen functional groups attached to an aromatic ring is 1. The Bertz CT molecular complexity index is 854. The van der Waals surface area contributed by atoms with Gasteiger partial charge in [0.2, 0.25) is 0 Å². The first kappa shape index (κ1) is 16.0. The van der Waals surface area contributed by atoms with Crippen LogP contribution in [0.2, 0.25) is 0 Å². The van der Waals surface area contributed by atoms with E-state index in [0.717, 1.165) is 4.57 Å². The Kier molecular flexibility index (Phi) is 4.51. The Balaban J connectivity index is 2.24. The van der Waals surface area contributed by atoms with Crippen LogP contribution in [0.15, 0.2) is 38.3 Å². The van der Waals surface area contributed by atoms with Gasteiger partial charge < -0.3 is 10.5 Å². The van der Waals surface area contributed by atoms with Crippen molar-refractivity contribution in [3.05, 3.63) is 60.8 Å². The summed E-state index contributed by atoms with van der Waals surface area (Å²) in [5.74, 6) is -0.632. The van der Waals surface area contributed by atoms with Crippen molar-refractivity contribution in [2.45, 2.75) is 6.61 Å². The fourth-order valence-corrected chi connectivity index (χ4v) is 2.20. The summed E-state index contributed by atoms with van der Waals surface area (Å²) in [4.78, 5) is 35.4. The second-order valence-electron chi connectivity index (χ2n) is 4.68. The van der Waals surface area contributed by atoms with E-state index in [1.807, 2.05) is 0 Å². The molecule has 116 valence electrons. The van der Waals surface area contributed by atoms with Gasteiger partial charge in [-0.25, -0.2) is 9.59 Å². The Morgan fingerprint density at radius 1 is 1.23 bits per heavy atom. The van der Waals surface area contributed by atoms with Gasteiger partial charge in [0.25, 0.3) is 5.56 Å². The number of carbonyl (C=O) groups is 1. The Morgan fingerprint density at radius 3 is 2.59 bits per heavy atom. The molecule has 2 rings (SSSR count). The molecule has 7 nitrogen and oxygen atoms in total. The molecule has 0 saturated carbocycles. The number of esters is 1. The first-order chi connectivity index (χ1) is 10.3. The summed E-state index contributed by atoms with van der Waals surface area (Å²) in [5, 5.41) is 0. The lowest BCUT2D eigenvalue weighted by Gasteiger charge is -2.11. The van der Waals surface area contributed by atoms with Gasteiger partial charge >= 0.3 is 11.7 Å². The van der Waals surface area contributed by atoms with Gasteiger partial charge in [-0.05, 0) is 18.2 Å². The van der Waals surface area contributed by atoms with Crippen molar-refractivity contribution in [2.24, 2.45) is 14.1 Å². The minimum atomic E-state index is -0.632. The molecule has 0 atom stereocenters. The van der Waals surface area contributed by atoms with Crippen LogP contribution in [-0.4, -0.2) is 15.1 Å². The maximum atomic E-state index is 12.0. The smallest absolute Gasteiger partial charge is 0.340 e. The quantitative estimate of drug-likeness (QED) is 0.638. The number of benzene rings is 1. The summed E-state index contributed by atoms with van der Waals surface area (Å²) in [7, 11) is 2.88. The summed E-state index contributed by atoms with van der Waals surface area (Å²) in [6, 6.07) is 6.07. The molecule has 0 aliphatic heterocycles. The molecule has 0 unspecified atom stereocenters. The molecule has 0 fully saturated rings. The molecule has 0 bridgehead atoms. The third-order valence-electron chi connectivity index (χ3n) is 3.21. The number of hydrogen-bond donors (Lipinski definition) is 1. The summed E-state index contributed by atoms with van der Waals surface area (Å²) in [6.07, 6.45) is 0. The van der Waals surface area contributed by atoms with Gasteiger partial charge in [-0.15, -0.1) is 0 Å². The fourth-order valence-electron chi connectivity index (χ4n) is 1.84. The summed E-state index contributed by atoms with van der Waals surface area (Å²) < 4.78 is 8.04. The van der Waals surface area contributed by atoms with Crippen molar-refractivity contribution in [1.82, 2.24) is 9.13 Å². The molecule has 1 heterocycles. The highest BCUT2D eigenvalue weighted by Crippen LogP contribution is 2.19. The van der Waals surface area contributed by atoms with Crippen LogP contribution < -0.4 is 17.0 Å². The Hall–Kier alpha value is -2.35. The Labute approximate surface area is 134 Å². The zero-order chi connectivity index (χ0) is 16.4. The first-order valence-electron chi connectivity index (χ1n) is 6.29. The predicted molar refractivity (Wildman–Crippen MR) is 84.6 cm³/mol. The topological polar surface area (TPSA) is 96.3 Å². The molecule has 0 saturated heterocycles. The molecule has 2 aromatic rings. The van der Waals surface area contributed by atoms with Gasteiger partial charge in [0.1, 0.15) is 6.61 Å². The molecule has 0 aliphatic rings.